The van der Waals surface area contributed by atoms with Crippen LogP contribution in [-0.2, 0) is 12.8 Å². The number of thiophene rings is 1. The van der Waals surface area contributed by atoms with Crippen molar-refractivity contribution in [2.24, 2.45) is 5.10 Å². The maximum Gasteiger partial charge on any atom is 0.284 e. The van der Waals surface area contributed by atoms with E-state index < -0.39 is 4.92 Å². The van der Waals surface area contributed by atoms with Gasteiger partial charge in [0, 0.05) is 4.88 Å². The normalized spacial score (nSPS) is 13.5. The van der Waals surface area contributed by atoms with Crippen LogP contribution in [0.3, 0.4) is 0 Å². The second-order valence-corrected chi connectivity index (χ2v) is 8.46. The van der Waals surface area contributed by atoms with E-state index in [1.165, 1.54) is 35.3 Å². The van der Waals surface area contributed by atoms with Gasteiger partial charge in [0.05, 0.1) is 35.3 Å². The largest absolute Gasteiger partial charge is 0.497 e. The standard InChI is InChI=1S/C22H18N4O5S/c1-30-13-6-8-15(17(10-13)26(28)29)18-9-7-14(31-18)11-24-25-12-23-21-20(22(25)27)16-4-2-3-5-19(16)32-21/h6-12H,2-5H2,1H3/b24-11-. The van der Waals surface area contributed by atoms with Crippen molar-refractivity contribution in [1.29, 1.82) is 0 Å². The molecule has 0 atom stereocenters. The van der Waals surface area contributed by atoms with Crippen LogP contribution in [0.1, 0.15) is 29.0 Å². The highest BCUT2D eigenvalue weighted by molar-refractivity contribution is 7.18. The van der Waals surface area contributed by atoms with E-state index in [0.717, 1.165) is 36.1 Å². The quantitative estimate of drug-likeness (QED) is 0.253. The number of ether oxygens (including phenoxy) is 1. The van der Waals surface area contributed by atoms with Gasteiger partial charge in [-0.2, -0.15) is 9.78 Å². The Hall–Kier alpha value is -3.79. The highest BCUT2D eigenvalue weighted by atomic mass is 32.1. The van der Waals surface area contributed by atoms with E-state index in [9.17, 15) is 14.9 Å². The number of methoxy groups -OCH3 is 1. The third-order valence-corrected chi connectivity index (χ3v) is 6.66. The minimum Gasteiger partial charge on any atom is -0.497 e. The van der Waals surface area contributed by atoms with E-state index in [1.54, 1.807) is 35.6 Å². The third kappa shape index (κ3) is 3.48. The van der Waals surface area contributed by atoms with Gasteiger partial charge in [0.1, 0.15) is 28.4 Å². The topological polar surface area (TPSA) is 113 Å². The Morgan fingerprint density at radius 1 is 1.28 bits per heavy atom. The Labute approximate surface area is 185 Å². The highest BCUT2D eigenvalue weighted by Crippen LogP contribution is 2.34. The fourth-order valence-electron chi connectivity index (χ4n) is 3.90. The third-order valence-electron chi connectivity index (χ3n) is 5.46. The Balaban J connectivity index is 1.47. The summed E-state index contributed by atoms with van der Waals surface area (Å²) in [6.07, 6.45) is 6.89. The first-order chi connectivity index (χ1) is 15.5. The van der Waals surface area contributed by atoms with Crippen molar-refractivity contribution in [2.75, 3.05) is 7.11 Å². The first-order valence-electron chi connectivity index (χ1n) is 10.0. The number of nitro groups is 1. The molecule has 0 unspecified atom stereocenters. The fraction of sp³-hybridized carbons (Fsp3) is 0.227. The average molecular weight is 450 g/mol. The molecule has 3 heterocycles. The number of aryl methyl sites for hydroxylation is 2. The first kappa shape index (κ1) is 20.1. The Kier molecular flexibility index (Phi) is 5.06. The van der Waals surface area contributed by atoms with Gasteiger partial charge in [-0.25, -0.2) is 4.98 Å². The lowest BCUT2D eigenvalue weighted by molar-refractivity contribution is -0.384. The van der Waals surface area contributed by atoms with Crippen LogP contribution < -0.4 is 10.3 Å². The van der Waals surface area contributed by atoms with Crippen molar-refractivity contribution in [1.82, 2.24) is 9.66 Å². The molecular weight excluding hydrogens is 432 g/mol. The van der Waals surface area contributed by atoms with E-state index in [4.69, 9.17) is 9.15 Å². The van der Waals surface area contributed by atoms with Crippen LogP contribution in [0.4, 0.5) is 5.69 Å². The lowest BCUT2D eigenvalue weighted by atomic mass is 9.97. The molecule has 0 bridgehead atoms. The molecule has 5 rings (SSSR count). The molecule has 0 fully saturated rings. The van der Waals surface area contributed by atoms with Crippen LogP contribution >= 0.6 is 11.3 Å². The molecule has 4 aromatic rings. The van der Waals surface area contributed by atoms with E-state index in [0.29, 0.717) is 28.2 Å². The molecule has 1 aliphatic carbocycles. The van der Waals surface area contributed by atoms with Crippen LogP contribution in [0.15, 0.2) is 51.0 Å². The smallest absolute Gasteiger partial charge is 0.284 e. The van der Waals surface area contributed by atoms with Crippen molar-refractivity contribution in [2.45, 2.75) is 25.7 Å². The summed E-state index contributed by atoms with van der Waals surface area (Å²) in [6, 6.07) is 7.79. The molecule has 0 radical (unpaired) electrons. The molecule has 162 valence electrons. The van der Waals surface area contributed by atoms with Gasteiger partial charge in [-0.3, -0.25) is 14.9 Å². The zero-order valence-corrected chi connectivity index (χ0v) is 17.9. The average Bonchev–Trinajstić information content (AvgIpc) is 3.43. The molecule has 0 saturated heterocycles. The van der Waals surface area contributed by atoms with E-state index in [2.05, 4.69) is 10.1 Å². The number of hydrogen-bond acceptors (Lipinski definition) is 8. The Morgan fingerprint density at radius 3 is 2.94 bits per heavy atom. The summed E-state index contributed by atoms with van der Waals surface area (Å²) >= 11 is 1.59. The van der Waals surface area contributed by atoms with Gasteiger partial charge in [0.25, 0.3) is 11.2 Å². The van der Waals surface area contributed by atoms with E-state index in [-0.39, 0.29) is 11.2 Å². The lowest BCUT2D eigenvalue weighted by Crippen LogP contribution is -2.17. The summed E-state index contributed by atoms with van der Waals surface area (Å²) < 4.78 is 12.0. The molecule has 1 aliphatic rings. The Bertz CT molecular complexity index is 1430. The zero-order chi connectivity index (χ0) is 22.2. The van der Waals surface area contributed by atoms with Gasteiger partial charge in [-0.05, 0) is 55.5 Å². The molecule has 0 amide bonds. The summed E-state index contributed by atoms with van der Waals surface area (Å²) in [6.45, 7) is 0. The van der Waals surface area contributed by atoms with Crippen LogP contribution in [-0.4, -0.2) is 27.9 Å². The van der Waals surface area contributed by atoms with Crippen molar-refractivity contribution >= 4 is 33.5 Å². The lowest BCUT2D eigenvalue weighted by Gasteiger charge is -2.09. The van der Waals surface area contributed by atoms with Crippen molar-refractivity contribution in [3.63, 3.8) is 0 Å². The number of nitrogens with zero attached hydrogens (tertiary/aromatic N) is 4. The summed E-state index contributed by atoms with van der Waals surface area (Å²) in [5.74, 6) is 1.05. The predicted octanol–water partition coefficient (Wildman–Crippen LogP) is 4.40. The number of aromatic nitrogens is 2. The molecule has 1 aromatic carbocycles. The molecule has 3 aromatic heterocycles. The molecule has 0 spiro atoms. The minimum absolute atomic E-state index is 0.129. The van der Waals surface area contributed by atoms with E-state index in [1.807, 2.05) is 0 Å². The van der Waals surface area contributed by atoms with Crippen LogP contribution in [0.5, 0.6) is 5.75 Å². The second-order valence-electron chi connectivity index (χ2n) is 7.37. The van der Waals surface area contributed by atoms with Crippen LogP contribution in [0.2, 0.25) is 0 Å². The van der Waals surface area contributed by atoms with Crippen molar-refractivity contribution in [3.05, 3.63) is 73.3 Å². The second kappa shape index (κ2) is 8.04. The molecule has 32 heavy (non-hydrogen) atoms. The maximum absolute atomic E-state index is 13.0. The fourth-order valence-corrected chi connectivity index (χ4v) is 5.12. The highest BCUT2D eigenvalue weighted by Gasteiger charge is 2.21. The zero-order valence-electron chi connectivity index (χ0n) is 17.1. The van der Waals surface area contributed by atoms with Gasteiger partial charge < -0.3 is 9.15 Å². The summed E-state index contributed by atoms with van der Waals surface area (Å²) in [7, 11) is 1.44. The summed E-state index contributed by atoms with van der Waals surface area (Å²) in [5.41, 5.74) is 1.09. The van der Waals surface area contributed by atoms with Gasteiger partial charge in [0.2, 0.25) is 0 Å². The molecule has 9 nitrogen and oxygen atoms in total. The van der Waals surface area contributed by atoms with Gasteiger partial charge in [-0.15, -0.1) is 11.3 Å². The maximum atomic E-state index is 13.0. The first-order valence-corrected chi connectivity index (χ1v) is 10.9. The number of benzene rings is 1. The molecule has 0 saturated carbocycles. The number of fused-ring (bicyclic) bond motifs is 3. The number of nitro benzene ring substituents is 1. The van der Waals surface area contributed by atoms with Crippen molar-refractivity contribution < 1.29 is 14.1 Å². The monoisotopic (exact) mass is 450 g/mol. The van der Waals surface area contributed by atoms with Gasteiger partial charge >= 0.3 is 0 Å². The Morgan fingerprint density at radius 2 is 2.12 bits per heavy atom. The molecule has 10 heteroatoms. The minimum atomic E-state index is -0.490. The molecule has 0 N–H and O–H groups in total. The van der Waals surface area contributed by atoms with Gasteiger partial charge in [-0.1, -0.05) is 0 Å². The van der Waals surface area contributed by atoms with Crippen LogP contribution in [0.25, 0.3) is 21.5 Å². The summed E-state index contributed by atoms with van der Waals surface area (Å²) in [4.78, 5) is 30.3. The van der Waals surface area contributed by atoms with E-state index >= 15 is 0 Å². The van der Waals surface area contributed by atoms with Crippen molar-refractivity contribution in [3.8, 4) is 17.1 Å². The van der Waals surface area contributed by atoms with Crippen LogP contribution in [0, 0.1) is 10.1 Å². The molecular formula is C22H18N4O5S. The summed E-state index contributed by atoms with van der Waals surface area (Å²) in [5, 5.41) is 16.3. The number of furan rings is 1. The SMILES string of the molecule is COc1ccc(-c2ccc(/C=N\n3cnc4sc5c(c4c3=O)CCCC5)o2)c([N+](=O)[O-])c1. The van der Waals surface area contributed by atoms with Gasteiger partial charge in [0.15, 0.2) is 0 Å². The molecule has 0 aliphatic heterocycles. The predicted molar refractivity (Wildman–Crippen MR) is 121 cm³/mol. The number of rotatable bonds is 5. The number of hydrogen-bond donors (Lipinski definition) is 0.